The maximum absolute atomic E-state index is 10.8. The smallest absolute Gasteiger partial charge is 0.269 e. The number of nitro groups is 1. The molecule has 14 heteroatoms. The highest BCUT2D eigenvalue weighted by molar-refractivity contribution is 5.36. The number of benzene rings is 1. The molecule has 2 aliphatic heterocycles. The van der Waals surface area contributed by atoms with Crippen molar-refractivity contribution < 1.29 is 59.6 Å². The Morgan fingerprint density at radius 3 is 1.97 bits per heavy atom. The van der Waals surface area contributed by atoms with Crippen molar-refractivity contribution in [1.82, 2.24) is 0 Å². The summed E-state index contributed by atoms with van der Waals surface area (Å²) in [6, 6.07) is 4.85. The zero-order valence-corrected chi connectivity index (χ0v) is 16.5. The summed E-state index contributed by atoms with van der Waals surface area (Å²) in [6.07, 6.45) is -15.1. The van der Waals surface area contributed by atoms with Crippen LogP contribution in [0.3, 0.4) is 0 Å². The van der Waals surface area contributed by atoms with E-state index in [4.69, 9.17) is 24.1 Å². The van der Waals surface area contributed by atoms with Crippen LogP contribution in [0.2, 0.25) is 0 Å². The van der Waals surface area contributed by atoms with Crippen LogP contribution in [-0.4, -0.2) is 115 Å². The van der Waals surface area contributed by atoms with Gasteiger partial charge in [-0.2, -0.15) is 0 Å². The molecule has 0 radical (unpaired) electrons. The van der Waals surface area contributed by atoms with E-state index >= 15 is 0 Å². The monoisotopic (exact) mass is 463 g/mol. The minimum atomic E-state index is -1.67. The molecule has 10 atom stereocenters. The van der Waals surface area contributed by atoms with E-state index in [-0.39, 0.29) is 11.4 Å². The number of hydrogen-bond acceptors (Lipinski definition) is 13. The summed E-state index contributed by atoms with van der Waals surface area (Å²) < 4.78 is 21.8. The first kappa shape index (κ1) is 24.7. The van der Waals surface area contributed by atoms with E-state index in [2.05, 4.69) is 0 Å². The van der Waals surface area contributed by atoms with E-state index in [0.717, 1.165) is 12.1 Å². The highest BCUT2D eigenvalue weighted by Gasteiger charge is 2.54. The zero-order chi connectivity index (χ0) is 23.6. The molecule has 2 saturated heterocycles. The van der Waals surface area contributed by atoms with Crippen LogP contribution in [0.4, 0.5) is 5.69 Å². The van der Waals surface area contributed by atoms with Crippen LogP contribution >= 0.6 is 0 Å². The van der Waals surface area contributed by atoms with Gasteiger partial charge in [0.25, 0.3) is 5.69 Å². The summed E-state index contributed by atoms with van der Waals surface area (Å²) in [4.78, 5) is 10.2. The van der Waals surface area contributed by atoms with Gasteiger partial charge in [-0.3, -0.25) is 10.1 Å². The van der Waals surface area contributed by atoms with Gasteiger partial charge >= 0.3 is 0 Å². The summed E-state index contributed by atoms with van der Waals surface area (Å²) in [5, 5.41) is 79.5. The zero-order valence-electron chi connectivity index (χ0n) is 16.5. The molecule has 180 valence electrons. The van der Waals surface area contributed by atoms with Crippen LogP contribution in [0, 0.1) is 10.1 Å². The molecule has 0 unspecified atom stereocenters. The van der Waals surface area contributed by atoms with Gasteiger partial charge in [0.1, 0.15) is 48.5 Å². The topological polar surface area (TPSA) is 222 Å². The minimum Gasteiger partial charge on any atom is -0.462 e. The first-order valence-corrected chi connectivity index (χ1v) is 9.67. The van der Waals surface area contributed by atoms with Gasteiger partial charge in [0.15, 0.2) is 12.4 Å². The van der Waals surface area contributed by atoms with Crippen molar-refractivity contribution >= 4 is 5.69 Å². The fourth-order valence-corrected chi connectivity index (χ4v) is 3.46. The maximum Gasteiger partial charge on any atom is 0.269 e. The predicted molar refractivity (Wildman–Crippen MR) is 100 cm³/mol. The number of nitrogens with zero attached hydrogens (tertiary/aromatic N) is 1. The second-order valence-corrected chi connectivity index (χ2v) is 7.38. The molecule has 0 spiro atoms. The lowest BCUT2D eigenvalue weighted by atomic mass is 10.1. The van der Waals surface area contributed by atoms with E-state index < -0.39 is 79.5 Å². The average Bonchev–Trinajstić information content (AvgIpc) is 3.24. The molecule has 0 aliphatic carbocycles. The molecular weight excluding hydrogens is 438 g/mol. The Morgan fingerprint density at radius 2 is 1.44 bits per heavy atom. The Balaban J connectivity index is 1.77. The Morgan fingerprint density at radius 1 is 0.906 bits per heavy atom. The lowest BCUT2D eigenvalue weighted by Gasteiger charge is -2.26. The summed E-state index contributed by atoms with van der Waals surface area (Å²) >= 11 is 0. The molecule has 0 saturated carbocycles. The summed E-state index contributed by atoms with van der Waals surface area (Å²) in [6.45, 7) is -1.52. The molecule has 0 amide bonds. The van der Waals surface area contributed by atoms with E-state index in [9.17, 15) is 40.8 Å². The third kappa shape index (κ3) is 4.99. The van der Waals surface area contributed by atoms with E-state index in [0.29, 0.717) is 0 Å². The number of rotatable bonds is 9. The quantitative estimate of drug-likeness (QED) is 0.140. The molecule has 7 N–H and O–H groups in total. The van der Waals surface area contributed by atoms with E-state index in [1.165, 1.54) is 12.1 Å². The second-order valence-electron chi connectivity index (χ2n) is 7.38. The summed E-state index contributed by atoms with van der Waals surface area (Å²) in [7, 11) is 0. The number of non-ortho nitro benzene ring substituents is 1. The van der Waals surface area contributed by atoms with Crippen molar-refractivity contribution in [2.75, 3.05) is 13.2 Å². The van der Waals surface area contributed by atoms with Crippen molar-refractivity contribution in [2.45, 2.75) is 61.4 Å². The lowest BCUT2D eigenvalue weighted by Crippen LogP contribution is -2.45. The van der Waals surface area contributed by atoms with Crippen molar-refractivity contribution in [2.24, 2.45) is 0 Å². The third-order valence-corrected chi connectivity index (χ3v) is 5.21. The summed E-state index contributed by atoms with van der Waals surface area (Å²) in [5.74, 6) is 0.0852. The van der Waals surface area contributed by atoms with E-state index in [1.54, 1.807) is 0 Å². The second kappa shape index (κ2) is 10.3. The normalized spacial score (nSPS) is 36.7. The Hall–Kier alpha value is -1.98. The first-order valence-electron chi connectivity index (χ1n) is 9.67. The van der Waals surface area contributed by atoms with Gasteiger partial charge in [-0.15, -0.1) is 0 Å². The third-order valence-electron chi connectivity index (χ3n) is 5.21. The van der Waals surface area contributed by atoms with Gasteiger partial charge in [-0.25, -0.2) is 0 Å². The minimum absolute atomic E-state index is 0.0852. The molecule has 2 aliphatic rings. The molecule has 2 heterocycles. The standard InChI is InChI=1S/C18H25NO13/c20-5-9(22)14-11(24)12(25)17(30-14)32-16-13(26)15(10(23)6-21)31-18(16)29-8-3-1-7(2-4-8)19(27)28/h1-4,9-18,20-26H,5-6H2/t9-,10-,11-,12-,13+,14+,15+,16-,17+,18-/m1/s1. The van der Waals surface area contributed by atoms with Crippen molar-refractivity contribution in [3.8, 4) is 5.75 Å². The molecular formula is C18H25NO13. The number of nitro benzene ring substituents is 1. The average molecular weight is 463 g/mol. The molecule has 3 rings (SSSR count). The number of aliphatic hydroxyl groups is 7. The van der Waals surface area contributed by atoms with Crippen molar-refractivity contribution in [3.63, 3.8) is 0 Å². The molecule has 0 bridgehead atoms. The van der Waals surface area contributed by atoms with Crippen LogP contribution in [0.15, 0.2) is 24.3 Å². The Bertz CT molecular complexity index is 764. The van der Waals surface area contributed by atoms with Crippen LogP contribution in [0.25, 0.3) is 0 Å². The predicted octanol–water partition coefficient (Wildman–Crippen LogP) is -3.40. The van der Waals surface area contributed by atoms with Gasteiger partial charge in [0.05, 0.1) is 18.1 Å². The van der Waals surface area contributed by atoms with Crippen molar-refractivity contribution in [1.29, 1.82) is 0 Å². The highest BCUT2D eigenvalue weighted by atomic mass is 16.8. The van der Waals surface area contributed by atoms with Crippen molar-refractivity contribution in [3.05, 3.63) is 34.4 Å². The number of hydrogen-bond donors (Lipinski definition) is 7. The molecule has 32 heavy (non-hydrogen) atoms. The first-order chi connectivity index (χ1) is 15.2. The Labute approximate surface area is 180 Å². The molecule has 1 aromatic rings. The number of aliphatic hydroxyl groups excluding tert-OH is 7. The Kier molecular flexibility index (Phi) is 7.94. The van der Waals surface area contributed by atoms with Gasteiger partial charge in [0, 0.05) is 12.1 Å². The number of ether oxygens (including phenoxy) is 4. The summed E-state index contributed by atoms with van der Waals surface area (Å²) in [5.41, 5.74) is -0.198. The molecule has 1 aromatic carbocycles. The van der Waals surface area contributed by atoms with Gasteiger partial charge in [-0.05, 0) is 12.1 Å². The molecule has 14 nitrogen and oxygen atoms in total. The molecule has 2 fully saturated rings. The van der Waals surface area contributed by atoms with Crippen LogP contribution in [0.5, 0.6) is 5.75 Å². The molecule has 0 aromatic heterocycles. The van der Waals surface area contributed by atoms with Crippen LogP contribution in [-0.2, 0) is 14.2 Å². The van der Waals surface area contributed by atoms with Crippen LogP contribution < -0.4 is 4.74 Å². The highest BCUT2D eigenvalue weighted by Crippen LogP contribution is 2.33. The van der Waals surface area contributed by atoms with Gasteiger partial charge < -0.3 is 54.7 Å². The largest absolute Gasteiger partial charge is 0.462 e. The SMILES string of the molecule is O=[N+]([O-])c1ccc(O[C@@H]2O[C@@H]([C@H](O)CO)[C@H](O)[C@H]2O[C@@H]2O[C@@H]([C@H](O)CO)[C@H](O)[C@H]2O)cc1. The fraction of sp³-hybridized carbons (Fsp3) is 0.667. The van der Waals surface area contributed by atoms with Gasteiger partial charge in [0.2, 0.25) is 6.29 Å². The lowest BCUT2D eigenvalue weighted by molar-refractivity contribution is -0.384. The maximum atomic E-state index is 10.8. The van der Waals surface area contributed by atoms with Crippen LogP contribution in [0.1, 0.15) is 0 Å². The fourth-order valence-electron chi connectivity index (χ4n) is 3.46. The van der Waals surface area contributed by atoms with E-state index in [1.807, 2.05) is 0 Å². The van der Waals surface area contributed by atoms with Gasteiger partial charge in [-0.1, -0.05) is 0 Å².